The molecule has 1 aliphatic rings. The lowest BCUT2D eigenvalue weighted by atomic mass is 10.1. The van der Waals surface area contributed by atoms with E-state index in [2.05, 4.69) is 5.32 Å². The molecule has 0 saturated carbocycles. The first-order valence-electron chi connectivity index (χ1n) is 6.35. The highest BCUT2D eigenvalue weighted by Crippen LogP contribution is 2.26. The molecular formula is C15H15NO3. The van der Waals surface area contributed by atoms with Gasteiger partial charge in [-0.25, -0.2) is 0 Å². The Labute approximate surface area is 111 Å². The largest absolute Gasteiger partial charge is 0.493 e. The predicted molar refractivity (Wildman–Crippen MR) is 69.9 cm³/mol. The zero-order valence-electron chi connectivity index (χ0n) is 10.5. The number of carbonyl (C=O) groups is 1. The first-order valence-corrected chi connectivity index (χ1v) is 6.35. The minimum Gasteiger partial charge on any atom is -0.493 e. The van der Waals surface area contributed by atoms with Crippen LogP contribution in [0.25, 0.3) is 0 Å². The van der Waals surface area contributed by atoms with Crippen LogP contribution in [0.2, 0.25) is 0 Å². The molecule has 0 unspecified atom stereocenters. The highest BCUT2D eigenvalue weighted by molar-refractivity contribution is 5.78. The van der Waals surface area contributed by atoms with Crippen LogP contribution in [-0.2, 0) is 24.2 Å². The van der Waals surface area contributed by atoms with Gasteiger partial charge in [0, 0.05) is 6.42 Å². The molecule has 4 heteroatoms. The number of amides is 1. The van der Waals surface area contributed by atoms with Gasteiger partial charge >= 0.3 is 0 Å². The second kappa shape index (κ2) is 5.18. The lowest BCUT2D eigenvalue weighted by molar-refractivity contribution is -0.120. The van der Waals surface area contributed by atoms with Gasteiger partial charge in [0.05, 0.1) is 25.8 Å². The fourth-order valence-corrected chi connectivity index (χ4v) is 2.17. The molecule has 0 bridgehead atoms. The predicted octanol–water partition coefficient (Wildman–Crippen LogP) is 2.07. The normalized spacial score (nSPS) is 12.8. The summed E-state index contributed by atoms with van der Waals surface area (Å²) in [6, 6.07) is 9.62. The van der Waals surface area contributed by atoms with E-state index in [-0.39, 0.29) is 5.91 Å². The number of benzene rings is 1. The van der Waals surface area contributed by atoms with E-state index in [0.717, 1.165) is 30.1 Å². The topological polar surface area (TPSA) is 51.5 Å². The first kappa shape index (κ1) is 11.8. The van der Waals surface area contributed by atoms with Crippen LogP contribution in [0.5, 0.6) is 5.75 Å². The molecule has 98 valence electrons. The van der Waals surface area contributed by atoms with Crippen molar-refractivity contribution in [2.45, 2.75) is 19.4 Å². The van der Waals surface area contributed by atoms with Gasteiger partial charge in [0.1, 0.15) is 11.5 Å². The summed E-state index contributed by atoms with van der Waals surface area (Å²) >= 11 is 0. The number of hydrogen-bond donors (Lipinski definition) is 1. The molecule has 0 spiro atoms. The van der Waals surface area contributed by atoms with Gasteiger partial charge in [-0.15, -0.1) is 0 Å². The SMILES string of the molecule is O=C(Cc1ccc2c(c1)OCC2)NCc1ccco1. The van der Waals surface area contributed by atoms with Crippen molar-refractivity contribution < 1.29 is 13.9 Å². The number of ether oxygens (including phenoxy) is 1. The van der Waals surface area contributed by atoms with Crippen LogP contribution in [0.1, 0.15) is 16.9 Å². The van der Waals surface area contributed by atoms with Gasteiger partial charge in [-0.2, -0.15) is 0 Å². The van der Waals surface area contributed by atoms with Crippen molar-refractivity contribution in [3.05, 3.63) is 53.5 Å². The maximum Gasteiger partial charge on any atom is 0.224 e. The van der Waals surface area contributed by atoms with E-state index in [0.29, 0.717) is 13.0 Å². The highest BCUT2D eigenvalue weighted by Gasteiger charge is 2.13. The number of fused-ring (bicyclic) bond motifs is 1. The summed E-state index contributed by atoms with van der Waals surface area (Å²) in [5.74, 6) is 1.65. The summed E-state index contributed by atoms with van der Waals surface area (Å²) in [7, 11) is 0. The Morgan fingerprint density at radius 1 is 1.32 bits per heavy atom. The van der Waals surface area contributed by atoms with E-state index in [1.165, 1.54) is 5.56 Å². The molecule has 3 rings (SSSR count). The second-order valence-corrected chi connectivity index (χ2v) is 4.57. The molecule has 19 heavy (non-hydrogen) atoms. The minimum absolute atomic E-state index is 0.0191. The molecule has 2 heterocycles. The van der Waals surface area contributed by atoms with Crippen molar-refractivity contribution in [3.8, 4) is 5.75 Å². The molecule has 0 aliphatic carbocycles. The van der Waals surface area contributed by atoms with E-state index < -0.39 is 0 Å². The zero-order valence-corrected chi connectivity index (χ0v) is 10.5. The maximum absolute atomic E-state index is 11.8. The molecule has 1 aliphatic heterocycles. The van der Waals surface area contributed by atoms with Crippen molar-refractivity contribution in [2.75, 3.05) is 6.61 Å². The molecule has 0 radical (unpaired) electrons. The van der Waals surface area contributed by atoms with Crippen molar-refractivity contribution in [1.29, 1.82) is 0 Å². The van der Waals surface area contributed by atoms with Crippen LogP contribution in [0.4, 0.5) is 0 Å². The Hall–Kier alpha value is -2.23. The summed E-state index contributed by atoms with van der Waals surface area (Å²) in [4.78, 5) is 11.8. The van der Waals surface area contributed by atoms with Gasteiger partial charge < -0.3 is 14.5 Å². The van der Waals surface area contributed by atoms with Crippen LogP contribution in [0.15, 0.2) is 41.0 Å². The van der Waals surface area contributed by atoms with Gasteiger partial charge in [-0.3, -0.25) is 4.79 Å². The van der Waals surface area contributed by atoms with Gasteiger partial charge in [-0.1, -0.05) is 12.1 Å². The fraction of sp³-hybridized carbons (Fsp3) is 0.267. The van der Waals surface area contributed by atoms with Crippen molar-refractivity contribution in [1.82, 2.24) is 5.32 Å². The third-order valence-corrected chi connectivity index (χ3v) is 3.17. The Kier molecular flexibility index (Phi) is 3.23. The van der Waals surface area contributed by atoms with Crippen LogP contribution in [-0.4, -0.2) is 12.5 Å². The molecule has 0 fully saturated rings. The lowest BCUT2D eigenvalue weighted by Gasteiger charge is -2.05. The molecule has 0 saturated heterocycles. The third-order valence-electron chi connectivity index (χ3n) is 3.17. The maximum atomic E-state index is 11.8. The van der Waals surface area contributed by atoms with Crippen LogP contribution >= 0.6 is 0 Å². The minimum atomic E-state index is -0.0191. The Balaban J connectivity index is 1.57. The summed E-state index contributed by atoms with van der Waals surface area (Å²) in [6.07, 6.45) is 2.91. The van der Waals surface area contributed by atoms with Crippen LogP contribution < -0.4 is 10.1 Å². The first-order chi connectivity index (χ1) is 9.31. The van der Waals surface area contributed by atoms with E-state index in [4.69, 9.17) is 9.15 Å². The number of furan rings is 1. The molecule has 1 amide bonds. The van der Waals surface area contributed by atoms with Gasteiger partial charge in [-0.05, 0) is 29.3 Å². The molecule has 1 aromatic heterocycles. The fourth-order valence-electron chi connectivity index (χ4n) is 2.17. The number of nitrogens with one attached hydrogen (secondary N) is 1. The monoisotopic (exact) mass is 257 g/mol. The molecule has 4 nitrogen and oxygen atoms in total. The lowest BCUT2D eigenvalue weighted by Crippen LogP contribution is -2.24. The number of carbonyl (C=O) groups excluding carboxylic acids is 1. The van der Waals surface area contributed by atoms with Crippen molar-refractivity contribution >= 4 is 5.91 Å². The van der Waals surface area contributed by atoms with Crippen LogP contribution in [0, 0.1) is 0 Å². The van der Waals surface area contributed by atoms with Gasteiger partial charge in [0.25, 0.3) is 0 Å². The quantitative estimate of drug-likeness (QED) is 0.912. The summed E-state index contributed by atoms with van der Waals surface area (Å²) < 4.78 is 10.7. The zero-order chi connectivity index (χ0) is 13.1. The molecule has 0 atom stereocenters. The third kappa shape index (κ3) is 2.78. The van der Waals surface area contributed by atoms with Gasteiger partial charge in [0.15, 0.2) is 0 Å². The highest BCUT2D eigenvalue weighted by atomic mass is 16.5. The molecule has 2 aromatic rings. The van der Waals surface area contributed by atoms with Gasteiger partial charge in [0.2, 0.25) is 5.91 Å². The average Bonchev–Trinajstić information content (AvgIpc) is 3.07. The summed E-state index contributed by atoms with van der Waals surface area (Å²) in [5, 5.41) is 2.83. The summed E-state index contributed by atoms with van der Waals surface area (Å²) in [6.45, 7) is 1.16. The summed E-state index contributed by atoms with van der Waals surface area (Å²) in [5.41, 5.74) is 2.19. The van der Waals surface area contributed by atoms with E-state index in [9.17, 15) is 4.79 Å². The van der Waals surface area contributed by atoms with Crippen molar-refractivity contribution in [2.24, 2.45) is 0 Å². The second-order valence-electron chi connectivity index (χ2n) is 4.57. The van der Waals surface area contributed by atoms with E-state index >= 15 is 0 Å². The number of hydrogen-bond acceptors (Lipinski definition) is 3. The molecule has 1 aromatic carbocycles. The molecular weight excluding hydrogens is 242 g/mol. The average molecular weight is 257 g/mol. The van der Waals surface area contributed by atoms with E-state index in [1.807, 2.05) is 24.3 Å². The Morgan fingerprint density at radius 3 is 3.11 bits per heavy atom. The molecule has 1 N–H and O–H groups in total. The smallest absolute Gasteiger partial charge is 0.224 e. The standard InChI is InChI=1S/C15H15NO3/c17-15(16-10-13-2-1-6-18-13)9-11-3-4-12-5-7-19-14(12)8-11/h1-4,6,8H,5,7,9-10H2,(H,16,17). The van der Waals surface area contributed by atoms with E-state index in [1.54, 1.807) is 12.3 Å². The Morgan fingerprint density at radius 2 is 2.26 bits per heavy atom. The van der Waals surface area contributed by atoms with Crippen molar-refractivity contribution in [3.63, 3.8) is 0 Å². The number of rotatable bonds is 4. The van der Waals surface area contributed by atoms with Crippen LogP contribution in [0.3, 0.4) is 0 Å². The Bertz CT molecular complexity index is 575.